The second-order valence-electron chi connectivity index (χ2n) is 5.30. The van der Waals surface area contributed by atoms with Gasteiger partial charge >= 0.3 is 12.8 Å². The van der Waals surface area contributed by atoms with E-state index in [-0.39, 0.29) is 17.0 Å². The first kappa shape index (κ1) is 20.1. The van der Waals surface area contributed by atoms with Crippen LogP contribution in [0.2, 0.25) is 0 Å². The number of nitrogens with one attached hydrogen (secondary N) is 2. The predicted molar refractivity (Wildman–Crippen MR) is 86.8 cm³/mol. The van der Waals surface area contributed by atoms with E-state index >= 15 is 0 Å². The zero-order valence-corrected chi connectivity index (χ0v) is 13.7. The molecule has 5 nitrogen and oxygen atoms in total. The van der Waals surface area contributed by atoms with E-state index in [1.54, 1.807) is 0 Å². The summed E-state index contributed by atoms with van der Waals surface area (Å²) >= 11 is 0. The van der Waals surface area contributed by atoms with Crippen molar-refractivity contribution < 1.29 is 36.3 Å². The summed E-state index contributed by atoms with van der Waals surface area (Å²) in [6.07, 6.45) is -4.81. The number of rotatable bonds is 5. The lowest BCUT2D eigenvalue weighted by molar-refractivity contribution is -0.137. The van der Waals surface area contributed by atoms with Gasteiger partial charge in [0, 0.05) is 18.2 Å². The molecule has 10 heteroatoms. The van der Waals surface area contributed by atoms with Crippen molar-refractivity contribution in [3.63, 3.8) is 0 Å². The Kier molecular flexibility index (Phi) is 5.98. The minimum atomic E-state index is -4.81. The number of halogens is 5. The standard InChI is InChI=1S/C17H13F5N2O3/c1-9(25)23-11-5-6-14(13(8-11)17(20,21)22)24-15(26)10-3-2-4-12(7-10)27-16(18)19/h2-8,16H,1H3,(H,23,25)(H,24,26). The maximum absolute atomic E-state index is 13.3. The molecule has 0 aliphatic rings. The second-order valence-corrected chi connectivity index (χ2v) is 5.30. The zero-order chi connectivity index (χ0) is 20.2. The lowest BCUT2D eigenvalue weighted by Crippen LogP contribution is -2.17. The molecule has 0 aliphatic carbocycles. The first-order valence-electron chi connectivity index (χ1n) is 7.41. The summed E-state index contributed by atoms with van der Waals surface area (Å²) in [6.45, 7) is -1.97. The molecule has 0 aliphatic heterocycles. The van der Waals surface area contributed by atoms with Crippen LogP contribution in [0.15, 0.2) is 42.5 Å². The Hall–Kier alpha value is -3.17. The van der Waals surface area contributed by atoms with Crippen LogP contribution in [0.5, 0.6) is 5.75 Å². The largest absolute Gasteiger partial charge is 0.435 e. The molecule has 0 unspecified atom stereocenters. The molecule has 0 saturated carbocycles. The number of hydrogen-bond acceptors (Lipinski definition) is 3. The van der Waals surface area contributed by atoms with E-state index in [2.05, 4.69) is 15.4 Å². The van der Waals surface area contributed by atoms with Gasteiger partial charge in [0.2, 0.25) is 5.91 Å². The molecule has 2 rings (SSSR count). The van der Waals surface area contributed by atoms with E-state index in [0.717, 1.165) is 19.1 Å². The third-order valence-electron chi connectivity index (χ3n) is 3.21. The molecule has 0 radical (unpaired) electrons. The molecule has 0 spiro atoms. The summed E-state index contributed by atoms with van der Waals surface area (Å²) in [7, 11) is 0. The fraction of sp³-hybridized carbons (Fsp3) is 0.176. The Morgan fingerprint density at radius 2 is 1.74 bits per heavy atom. The van der Waals surface area contributed by atoms with E-state index in [4.69, 9.17) is 0 Å². The molecular weight excluding hydrogens is 375 g/mol. The molecule has 27 heavy (non-hydrogen) atoms. The van der Waals surface area contributed by atoms with Gasteiger partial charge in [-0.2, -0.15) is 22.0 Å². The van der Waals surface area contributed by atoms with Crippen LogP contribution in [-0.4, -0.2) is 18.4 Å². The lowest BCUT2D eigenvalue weighted by Gasteiger charge is -2.16. The Balaban J connectivity index is 2.30. The van der Waals surface area contributed by atoms with E-state index in [1.165, 1.54) is 24.3 Å². The van der Waals surface area contributed by atoms with Crippen molar-refractivity contribution in [2.45, 2.75) is 19.7 Å². The van der Waals surface area contributed by atoms with Crippen LogP contribution in [0.25, 0.3) is 0 Å². The molecule has 144 valence electrons. The number of hydrogen-bond donors (Lipinski definition) is 2. The summed E-state index contributed by atoms with van der Waals surface area (Å²) in [5.74, 6) is -1.82. The van der Waals surface area contributed by atoms with E-state index < -0.39 is 35.9 Å². The van der Waals surface area contributed by atoms with Crippen LogP contribution in [0.4, 0.5) is 33.3 Å². The van der Waals surface area contributed by atoms with Crippen molar-refractivity contribution in [1.82, 2.24) is 0 Å². The van der Waals surface area contributed by atoms with Crippen molar-refractivity contribution in [2.24, 2.45) is 0 Å². The monoisotopic (exact) mass is 388 g/mol. The average molecular weight is 388 g/mol. The Bertz CT molecular complexity index is 853. The first-order valence-corrected chi connectivity index (χ1v) is 7.41. The third-order valence-corrected chi connectivity index (χ3v) is 3.21. The molecule has 0 aromatic heterocycles. The Labute approximate surface area is 150 Å². The highest BCUT2D eigenvalue weighted by molar-refractivity contribution is 6.05. The highest BCUT2D eigenvalue weighted by Gasteiger charge is 2.34. The second kappa shape index (κ2) is 8.02. The minimum Gasteiger partial charge on any atom is -0.435 e. The first-order chi connectivity index (χ1) is 12.6. The maximum Gasteiger partial charge on any atom is 0.418 e. The summed E-state index contributed by atoms with van der Waals surface area (Å²) in [5.41, 5.74) is -2.00. The van der Waals surface area contributed by atoms with E-state index in [9.17, 15) is 31.5 Å². The van der Waals surface area contributed by atoms with Crippen molar-refractivity contribution in [3.8, 4) is 5.75 Å². The molecule has 2 amide bonds. The van der Waals surface area contributed by atoms with Crippen LogP contribution in [0.1, 0.15) is 22.8 Å². The Morgan fingerprint density at radius 1 is 1.04 bits per heavy atom. The maximum atomic E-state index is 13.3. The van der Waals surface area contributed by atoms with Crippen LogP contribution in [0, 0.1) is 0 Å². The summed E-state index contributed by atoms with van der Waals surface area (Å²) in [6, 6.07) is 7.46. The van der Waals surface area contributed by atoms with Crippen molar-refractivity contribution in [1.29, 1.82) is 0 Å². The normalized spacial score (nSPS) is 11.2. The summed E-state index contributed by atoms with van der Waals surface area (Å²) in [4.78, 5) is 23.2. The van der Waals surface area contributed by atoms with Gasteiger partial charge in [-0.3, -0.25) is 9.59 Å². The van der Waals surface area contributed by atoms with Gasteiger partial charge in [0.1, 0.15) is 5.75 Å². The topological polar surface area (TPSA) is 67.4 Å². The summed E-state index contributed by atoms with van der Waals surface area (Å²) < 4.78 is 68.4. The van der Waals surface area contributed by atoms with Crippen LogP contribution < -0.4 is 15.4 Å². The number of alkyl halides is 5. The molecule has 2 aromatic rings. The van der Waals surface area contributed by atoms with E-state index in [1.807, 2.05) is 0 Å². The van der Waals surface area contributed by atoms with Gasteiger partial charge in [0.05, 0.1) is 11.3 Å². The smallest absolute Gasteiger partial charge is 0.418 e. The van der Waals surface area contributed by atoms with Gasteiger partial charge in [-0.1, -0.05) is 6.07 Å². The Morgan fingerprint density at radius 3 is 2.33 bits per heavy atom. The number of carbonyl (C=O) groups is 2. The molecule has 0 fully saturated rings. The molecule has 0 bridgehead atoms. The van der Waals surface area contributed by atoms with Gasteiger partial charge in [0.25, 0.3) is 5.91 Å². The van der Waals surface area contributed by atoms with Gasteiger partial charge in [-0.05, 0) is 36.4 Å². The number of amides is 2. The molecule has 0 heterocycles. The van der Waals surface area contributed by atoms with Crippen LogP contribution >= 0.6 is 0 Å². The fourth-order valence-electron chi connectivity index (χ4n) is 2.18. The molecular formula is C17H13F5N2O3. The quantitative estimate of drug-likeness (QED) is 0.741. The third kappa shape index (κ3) is 5.66. The average Bonchev–Trinajstić information content (AvgIpc) is 2.54. The lowest BCUT2D eigenvalue weighted by atomic mass is 10.1. The fourth-order valence-corrected chi connectivity index (χ4v) is 2.18. The highest BCUT2D eigenvalue weighted by atomic mass is 19.4. The van der Waals surface area contributed by atoms with Crippen molar-refractivity contribution in [2.75, 3.05) is 10.6 Å². The molecule has 2 aromatic carbocycles. The van der Waals surface area contributed by atoms with Gasteiger partial charge in [0.15, 0.2) is 0 Å². The van der Waals surface area contributed by atoms with Gasteiger partial charge in [-0.25, -0.2) is 0 Å². The van der Waals surface area contributed by atoms with Crippen molar-refractivity contribution >= 4 is 23.2 Å². The number of carbonyl (C=O) groups excluding carboxylic acids is 2. The number of benzene rings is 2. The SMILES string of the molecule is CC(=O)Nc1ccc(NC(=O)c2cccc(OC(F)F)c2)c(C(F)(F)F)c1. The zero-order valence-electron chi connectivity index (χ0n) is 13.7. The van der Waals surface area contributed by atoms with Crippen LogP contribution in [-0.2, 0) is 11.0 Å². The van der Waals surface area contributed by atoms with Gasteiger partial charge in [-0.15, -0.1) is 0 Å². The highest BCUT2D eigenvalue weighted by Crippen LogP contribution is 2.37. The number of ether oxygens (including phenoxy) is 1. The molecule has 2 N–H and O–H groups in total. The predicted octanol–water partition coefficient (Wildman–Crippen LogP) is 4.52. The van der Waals surface area contributed by atoms with Gasteiger partial charge < -0.3 is 15.4 Å². The minimum absolute atomic E-state index is 0.0971. The van der Waals surface area contributed by atoms with Crippen molar-refractivity contribution in [3.05, 3.63) is 53.6 Å². The van der Waals surface area contributed by atoms with Crippen LogP contribution in [0.3, 0.4) is 0 Å². The molecule has 0 saturated heterocycles. The molecule has 0 atom stereocenters. The van der Waals surface area contributed by atoms with E-state index in [0.29, 0.717) is 6.07 Å². The number of anilines is 2. The summed E-state index contributed by atoms with van der Waals surface area (Å²) in [5, 5.41) is 4.30.